The second kappa shape index (κ2) is 100. The van der Waals surface area contributed by atoms with Gasteiger partial charge in [-0.2, -0.15) is 12.8 Å². The first-order valence-corrected chi connectivity index (χ1v) is 53.9. The topological polar surface area (TPSA) is 36.4 Å². The Bertz CT molecular complexity index is 2480. The second-order valence-corrected chi connectivity index (χ2v) is 36.9. The van der Waals surface area contributed by atoms with E-state index in [4.69, 9.17) is 0 Å². The summed E-state index contributed by atoms with van der Waals surface area (Å²) in [5.74, 6) is 17.9. The van der Waals surface area contributed by atoms with Crippen molar-refractivity contribution >= 4 is 11.4 Å². The van der Waals surface area contributed by atoms with Crippen LogP contribution in [0.2, 0.25) is 0 Å². The summed E-state index contributed by atoms with van der Waals surface area (Å²) in [6, 6.07) is 14.4. The summed E-state index contributed by atoms with van der Waals surface area (Å²) in [6.45, 7) is 26.0. The predicted molar refractivity (Wildman–Crippen MR) is 536 cm³/mol. The van der Waals surface area contributed by atoms with E-state index in [1.165, 1.54) is 509 Å². The number of hydrogen-bond donors (Lipinski definition) is 0. The fourth-order valence-electron chi connectivity index (χ4n) is 17.2. The van der Waals surface area contributed by atoms with E-state index in [9.17, 15) is 5.53 Å². The van der Waals surface area contributed by atoms with Crippen LogP contribution in [0.25, 0.3) is 11.1 Å². The van der Waals surface area contributed by atoms with Gasteiger partial charge in [-0.25, -0.2) is 0 Å². The number of rotatable bonds is 85. The molecular formula is C116H206N2Ni. The molecule has 0 aliphatic rings. The van der Waals surface area contributed by atoms with Crippen LogP contribution in [-0.4, -0.2) is 10.7 Å². The maximum Gasteiger partial charge on any atom is 2.00 e. The number of unbranched alkanes of at least 4 members (excludes halogenated alkanes) is 74. The Hall–Kier alpha value is -3.05. The molecule has 3 heteroatoms. The summed E-state index contributed by atoms with van der Waals surface area (Å²) >= 11 is 0. The smallest absolute Gasteiger partial charge is 0.348 e. The molecule has 0 aliphatic carbocycles. The molecular weight excluding hydrogens is 1480 g/mol. The van der Waals surface area contributed by atoms with Gasteiger partial charge in [-0.05, 0) is 116 Å². The summed E-state index contributed by atoms with van der Waals surface area (Å²) in [5, 5.41) is 0. The van der Waals surface area contributed by atoms with E-state index in [2.05, 4.69) is 140 Å². The Morgan fingerprint density at radius 3 is 0.706 bits per heavy atom. The molecule has 0 heterocycles. The van der Waals surface area contributed by atoms with Crippen LogP contribution in [-0.2, 0) is 29.3 Å². The zero-order valence-electron chi connectivity index (χ0n) is 81.9. The van der Waals surface area contributed by atoms with Gasteiger partial charge in [0, 0.05) is 24.0 Å². The van der Waals surface area contributed by atoms with Crippen molar-refractivity contribution in [2.45, 2.75) is 608 Å². The van der Waals surface area contributed by atoms with Crippen LogP contribution in [0.3, 0.4) is 0 Å². The van der Waals surface area contributed by atoms with Gasteiger partial charge in [0.25, 0.3) is 0 Å². The van der Waals surface area contributed by atoms with Gasteiger partial charge in [0.05, 0.1) is 5.57 Å². The van der Waals surface area contributed by atoms with E-state index in [1.807, 2.05) is 0 Å². The minimum atomic E-state index is 0. The van der Waals surface area contributed by atoms with Gasteiger partial charge >= 0.3 is 22.4 Å². The molecule has 0 atom stereocenters. The van der Waals surface area contributed by atoms with Crippen LogP contribution in [0.1, 0.15) is 628 Å². The predicted octanol–water partition coefficient (Wildman–Crippen LogP) is 40.7. The molecule has 0 N–H and O–H groups in total. The Kier molecular flexibility index (Phi) is 99.5. The third kappa shape index (κ3) is 81.7. The standard InChI is InChI=1S/C92H156N2.2C12H25.Ni/c1-7-13-19-21-23-25-27-29-31-33-35-37-39-41-43-45-47-49-51-53-55-57-59-61-63-65-67-69-73-86-78-87(74-70-68-66-64-62-60-58-56-54-52-50-48-46-44-42-40-38-36-34-32-30-28-26-24-22-20-14-8-2)82-90(81-86)92(91(76-18-12-6)88(83-94-93)75-17-11-5)89-79-84(71-15-9-3)77-85(80-89)72-16-10-4;2*1-3-5-7-9-11-12-10-8-6-4-2;/h77-82H,7-68,71-72,75-76H2,1-6H3;2*1,3-12H2,2H3;/q;2*-1;+2. The molecule has 0 saturated heterocycles. The first-order valence-electron chi connectivity index (χ1n) is 53.9. The molecule has 2 aromatic carbocycles. The number of allylic oxidation sites excluding steroid dienone is 2. The molecule has 0 bridgehead atoms. The molecule has 690 valence electrons. The van der Waals surface area contributed by atoms with Crippen molar-refractivity contribution in [3.05, 3.63) is 100 Å². The number of hydrogen-bond acceptors (Lipinski definition) is 0. The molecule has 0 saturated carbocycles. The van der Waals surface area contributed by atoms with Crippen LogP contribution >= 0.6 is 0 Å². The molecule has 2 aromatic rings. The van der Waals surface area contributed by atoms with Crippen LogP contribution in [0.5, 0.6) is 0 Å². The van der Waals surface area contributed by atoms with Crippen LogP contribution < -0.4 is 0 Å². The summed E-state index contributed by atoms with van der Waals surface area (Å²) < 4.78 is 0. The third-order valence-electron chi connectivity index (χ3n) is 25.1. The number of aryl methyl sites for hydroxylation is 2. The third-order valence-corrected chi connectivity index (χ3v) is 25.1. The van der Waals surface area contributed by atoms with Crippen molar-refractivity contribution in [3.8, 4) is 23.7 Å². The van der Waals surface area contributed by atoms with E-state index in [0.717, 1.165) is 93.7 Å². The minimum absolute atomic E-state index is 0. The molecule has 0 unspecified atom stereocenters. The van der Waals surface area contributed by atoms with Gasteiger partial charge in [0.2, 0.25) is 0 Å². The second-order valence-electron chi connectivity index (χ2n) is 36.9. The first-order chi connectivity index (χ1) is 58.4. The van der Waals surface area contributed by atoms with E-state index in [-0.39, 0.29) is 16.5 Å². The fraction of sp³-hybridized carbons (Fsp3) is 0.810. The Balaban J connectivity index is 0. The van der Waals surface area contributed by atoms with E-state index >= 15 is 0 Å². The van der Waals surface area contributed by atoms with Crippen molar-refractivity contribution in [2.75, 3.05) is 0 Å². The average molecular weight is 1690 g/mol. The van der Waals surface area contributed by atoms with Crippen LogP contribution in [0.15, 0.2) is 47.5 Å². The van der Waals surface area contributed by atoms with Crippen molar-refractivity contribution in [3.63, 3.8) is 0 Å². The van der Waals surface area contributed by atoms with Gasteiger partial charge < -0.3 is 19.4 Å². The van der Waals surface area contributed by atoms with Gasteiger partial charge in [-0.15, -0.1) is 4.79 Å². The number of benzene rings is 2. The monoisotopic (exact) mass is 1690 g/mol. The van der Waals surface area contributed by atoms with E-state index in [0.29, 0.717) is 0 Å². The molecule has 2 nitrogen and oxygen atoms in total. The molecule has 0 fully saturated rings. The Morgan fingerprint density at radius 1 is 0.252 bits per heavy atom. The summed E-state index contributed by atoms with van der Waals surface area (Å²) in [4.78, 5) is 3.62. The fourth-order valence-corrected chi connectivity index (χ4v) is 17.2. The first kappa shape index (κ1) is 118. The minimum Gasteiger partial charge on any atom is -0.348 e. The van der Waals surface area contributed by atoms with Gasteiger partial charge in [0.1, 0.15) is 0 Å². The van der Waals surface area contributed by atoms with Crippen LogP contribution in [0, 0.1) is 37.5 Å². The van der Waals surface area contributed by atoms with Crippen molar-refractivity contribution in [1.82, 2.24) is 0 Å². The molecule has 0 radical (unpaired) electrons. The summed E-state index contributed by atoms with van der Waals surface area (Å²) in [5.41, 5.74) is 21.2. The molecule has 0 aromatic heterocycles. The van der Waals surface area contributed by atoms with Crippen molar-refractivity contribution < 1.29 is 21.3 Å². The Labute approximate surface area is 759 Å². The van der Waals surface area contributed by atoms with Crippen LogP contribution in [0.4, 0.5) is 0 Å². The zero-order valence-corrected chi connectivity index (χ0v) is 82.9. The maximum atomic E-state index is 10.2. The zero-order chi connectivity index (χ0) is 85.5. The average Bonchev–Trinajstić information content (AvgIpc) is 0.786. The van der Waals surface area contributed by atoms with Gasteiger partial charge in [0.15, 0.2) is 0 Å². The summed E-state index contributed by atoms with van der Waals surface area (Å²) in [6.07, 6.45) is 116. The molecule has 2 rings (SSSR count). The Morgan fingerprint density at radius 2 is 0.471 bits per heavy atom. The van der Waals surface area contributed by atoms with E-state index in [1.54, 1.807) is 0 Å². The number of nitrogens with zero attached hydrogens (tertiary/aromatic N) is 2. The van der Waals surface area contributed by atoms with Gasteiger partial charge in [-0.3, -0.25) is 0 Å². The SMILES string of the molecule is CCCCCCCCCCCCCCCCCCCCCCCCCCCCC#Cc1cc(C#CCCCCCCCCCCCCCCCCCCCCCCCCCCCC)cc(C(=C(CCCC)C(=C=[N+]=[N-])CCCC)c2cc(CCCC)cc(CCCC)c2)c1.[CH2-]CCCCCCCCCCC.[CH2-]CCCCCCCCCCC.[Ni+2]. The quantitative estimate of drug-likeness (QED) is 0.00925. The van der Waals surface area contributed by atoms with Crippen molar-refractivity contribution in [2.24, 2.45) is 0 Å². The van der Waals surface area contributed by atoms with Gasteiger partial charge in [-0.1, -0.05) is 560 Å². The maximum absolute atomic E-state index is 10.2. The molecule has 0 amide bonds. The molecule has 119 heavy (non-hydrogen) atoms. The normalized spacial score (nSPS) is 11.2. The van der Waals surface area contributed by atoms with E-state index < -0.39 is 0 Å². The molecule has 0 spiro atoms. The van der Waals surface area contributed by atoms with Crippen molar-refractivity contribution in [1.29, 1.82) is 0 Å². The molecule has 0 aliphatic heterocycles. The summed E-state index contributed by atoms with van der Waals surface area (Å²) in [7, 11) is 0. The largest absolute Gasteiger partial charge is 2.00 e.